The van der Waals surface area contributed by atoms with E-state index in [9.17, 15) is 4.79 Å². The molecule has 1 aliphatic carbocycles. The molecule has 0 aromatic carbocycles. The highest BCUT2D eigenvalue weighted by atomic mass is 35.5. The fourth-order valence-corrected chi connectivity index (χ4v) is 2.68. The molecule has 5 nitrogen and oxygen atoms in total. The van der Waals surface area contributed by atoms with Crippen molar-refractivity contribution in [1.29, 1.82) is 0 Å². The molecule has 1 heterocycles. The lowest BCUT2D eigenvalue weighted by molar-refractivity contribution is -0.166. The Balaban J connectivity index is 2.12. The van der Waals surface area contributed by atoms with Crippen LogP contribution in [0.3, 0.4) is 0 Å². The summed E-state index contributed by atoms with van der Waals surface area (Å²) < 4.78 is 5.61. The average molecular weight is 298 g/mol. The lowest BCUT2D eigenvalue weighted by Gasteiger charge is -2.57. The van der Waals surface area contributed by atoms with Crippen molar-refractivity contribution in [1.82, 2.24) is 4.98 Å². The lowest BCUT2D eigenvalue weighted by Crippen LogP contribution is -2.74. The number of amides is 1. The molecule has 3 N–H and O–H groups in total. The van der Waals surface area contributed by atoms with Crippen LogP contribution in [0.25, 0.3) is 0 Å². The highest BCUT2D eigenvalue weighted by Crippen LogP contribution is 2.50. The van der Waals surface area contributed by atoms with Crippen LogP contribution >= 0.6 is 11.6 Å². The molecule has 0 aliphatic heterocycles. The maximum absolute atomic E-state index is 12.5. The van der Waals surface area contributed by atoms with Crippen molar-refractivity contribution >= 4 is 23.2 Å². The summed E-state index contributed by atoms with van der Waals surface area (Å²) in [6.07, 6.45) is 3.56. The van der Waals surface area contributed by atoms with E-state index in [2.05, 4.69) is 10.3 Å². The zero-order chi connectivity index (χ0) is 15.0. The molecule has 1 saturated carbocycles. The van der Waals surface area contributed by atoms with Gasteiger partial charge < -0.3 is 15.8 Å². The Labute approximate surface area is 123 Å². The number of carbonyl (C=O) groups excluding carboxylic acids is 1. The first kappa shape index (κ1) is 15.2. The first-order valence-corrected chi connectivity index (χ1v) is 7.02. The van der Waals surface area contributed by atoms with Gasteiger partial charge in [0.25, 0.3) is 0 Å². The number of rotatable bonds is 4. The Morgan fingerprint density at radius 2 is 2.35 bits per heavy atom. The van der Waals surface area contributed by atoms with Crippen molar-refractivity contribution in [3.05, 3.63) is 23.5 Å². The van der Waals surface area contributed by atoms with Gasteiger partial charge in [-0.05, 0) is 13.0 Å². The van der Waals surface area contributed by atoms with Crippen LogP contribution in [0.4, 0.5) is 5.69 Å². The second kappa shape index (κ2) is 5.31. The van der Waals surface area contributed by atoms with E-state index < -0.39 is 11.0 Å². The summed E-state index contributed by atoms with van der Waals surface area (Å²) in [6, 6.07) is 1.62. The predicted molar refractivity (Wildman–Crippen MR) is 78.6 cm³/mol. The highest BCUT2D eigenvalue weighted by molar-refractivity contribution is 6.33. The van der Waals surface area contributed by atoms with Crippen LogP contribution in [0.2, 0.25) is 5.02 Å². The van der Waals surface area contributed by atoms with E-state index in [4.69, 9.17) is 22.1 Å². The van der Waals surface area contributed by atoms with Gasteiger partial charge in [0.1, 0.15) is 5.54 Å². The quantitative estimate of drug-likeness (QED) is 0.893. The zero-order valence-electron chi connectivity index (χ0n) is 11.9. The number of ether oxygens (including phenoxy) is 1. The largest absolute Gasteiger partial charge is 0.378 e. The molecule has 1 aromatic heterocycles. The summed E-state index contributed by atoms with van der Waals surface area (Å²) in [6.45, 7) is 6.44. The number of hydrogen-bond donors (Lipinski definition) is 2. The number of aromatic nitrogens is 1. The minimum atomic E-state index is -0.966. The molecule has 0 radical (unpaired) electrons. The molecule has 20 heavy (non-hydrogen) atoms. The van der Waals surface area contributed by atoms with Gasteiger partial charge in [-0.1, -0.05) is 25.4 Å². The molecule has 0 bridgehead atoms. The van der Waals surface area contributed by atoms with Gasteiger partial charge in [0, 0.05) is 24.6 Å². The van der Waals surface area contributed by atoms with E-state index in [0.717, 1.165) is 0 Å². The summed E-state index contributed by atoms with van der Waals surface area (Å²) in [5, 5.41) is 3.20. The minimum absolute atomic E-state index is 0.00683. The van der Waals surface area contributed by atoms with E-state index >= 15 is 0 Å². The lowest BCUT2D eigenvalue weighted by atomic mass is 9.54. The van der Waals surface area contributed by atoms with Gasteiger partial charge >= 0.3 is 0 Å². The summed E-state index contributed by atoms with van der Waals surface area (Å²) in [4.78, 5) is 16.4. The summed E-state index contributed by atoms with van der Waals surface area (Å²) in [7, 11) is 0. The number of nitrogens with one attached hydrogen (secondary N) is 1. The second-order valence-corrected chi connectivity index (χ2v) is 6.06. The average Bonchev–Trinajstić information content (AvgIpc) is 2.40. The first-order chi connectivity index (χ1) is 9.33. The van der Waals surface area contributed by atoms with Crippen molar-refractivity contribution in [3.63, 3.8) is 0 Å². The minimum Gasteiger partial charge on any atom is -0.378 e. The molecule has 1 aliphatic rings. The van der Waals surface area contributed by atoms with E-state index in [-0.39, 0.29) is 12.0 Å². The van der Waals surface area contributed by atoms with Crippen molar-refractivity contribution in [2.75, 3.05) is 11.9 Å². The standard InChI is InChI=1S/C14H20ClN3O2/c1-4-20-11-7-14(16,13(11,2)3)12(19)18-10-8-17-6-5-9(10)15/h5-6,8,11H,4,7,16H2,1-3H3,(H,18,19). The molecule has 0 spiro atoms. The third-order valence-corrected chi connectivity index (χ3v) is 4.58. The van der Waals surface area contributed by atoms with Gasteiger partial charge in [0.05, 0.1) is 23.0 Å². The van der Waals surface area contributed by atoms with Crippen LogP contribution in [0.15, 0.2) is 18.5 Å². The monoisotopic (exact) mass is 297 g/mol. The maximum atomic E-state index is 12.5. The molecule has 1 fully saturated rings. The third kappa shape index (κ3) is 2.30. The van der Waals surface area contributed by atoms with Crippen LogP contribution in [0.5, 0.6) is 0 Å². The van der Waals surface area contributed by atoms with E-state index in [0.29, 0.717) is 23.7 Å². The Morgan fingerprint density at radius 3 is 2.90 bits per heavy atom. The van der Waals surface area contributed by atoms with E-state index in [1.54, 1.807) is 12.3 Å². The van der Waals surface area contributed by atoms with Gasteiger partial charge in [-0.3, -0.25) is 9.78 Å². The number of halogens is 1. The number of nitrogens with two attached hydrogens (primary N) is 1. The molecule has 110 valence electrons. The first-order valence-electron chi connectivity index (χ1n) is 6.64. The molecule has 6 heteroatoms. The van der Waals surface area contributed by atoms with Crippen molar-refractivity contribution in [2.24, 2.45) is 11.1 Å². The Morgan fingerprint density at radius 1 is 1.65 bits per heavy atom. The Hall–Kier alpha value is -1.17. The van der Waals surface area contributed by atoms with Crippen molar-refractivity contribution in [2.45, 2.75) is 38.8 Å². The molecule has 2 rings (SSSR count). The van der Waals surface area contributed by atoms with Gasteiger partial charge in [-0.25, -0.2) is 0 Å². The fourth-order valence-electron chi connectivity index (χ4n) is 2.52. The molecular weight excluding hydrogens is 278 g/mol. The predicted octanol–water partition coefficient (Wildman–Crippen LogP) is 2.21. The normalized spacial score (nSPS) is 27.8. The number of anilines is 1. The van der Waals surface area contributed by atoms with E-state index in [1.807, 2.05) is 20.8 Å². The number of nitrogens with zero attached hydrogens (tertiary/aromatic N) is 1. The van der Waals surface area contributed by atoms with Crippen molar-refractivity contribution < 1.29 is 9.53 Å². The van der Waals surface area contributed by atoms with Crippen LogP contribution in [-0.2, 0) is 9.53 Å². The molecule has 2 atom stereocenters. The summed E-state index contributed by atoms with van der Waals surface area (Å²) >= 11 is 6.01. The highest BCUT2D eigenvalue weighted by Gasteiger charge is 2.62. The zero-order valence-corrected chi connectivity index (χ0v) is 12.7. The van der Waals surface area contributed by atoms with Gasteiger partial charge in [-0.2, -0.15) is 0 Å². The van der Waals surface area contributed by atoms with Crippen LogP contribution in [0.1, 0.15) is 27.2 Å². The van der Waals surface area contributed by atoms with Crippen molar-refractivity contribution in [3.8, 4) is 0 Å². The Bertz CT molecular complexity index is 521. The van der Waals surface area contributed by atoms with E-state index in [1.165, 1.54) is 6.20 Å². The maximum Gasteiger partial charge on any atom is 0.245 e. The molecular formula is C14H20ClN3O2. The number of hydrogen-bond acceptors (Lipinski definition) is 4. The second-order valence-electron chi connectivity index (χ2n) is 5.65. The van der Waals surface area contributed by atoms with Gasteiger partial charge in [0.2, 0.25) is 5.91 Å². The van der Waals surface area contributed by atoms with Gasteiger partial charge in [-0.15, -0.1) is 0 Å². The summed E-state index contributed by atoms with van der Waals surface area (Å²) in [5.41, 5.74) is 5.36. The molecule has 2 unspecified atom stereocenters. The molecule has 0 saturated heterocycles. The van der Waals surface area contributed by atoms with Crippen LogP contribution in [-0.4, -0.2) is 29.1 Å². The van der Waals surface area contributed by atoms with Gasteiger partial charge in [0.15, 0.2) is 0 Å². The van der Waals surface area contributed by atoms with Crippen LogP contribution in [0, 0.1) is 5.41 Å². The summed E-state index contributed by atoms with van der Waals surface area (Å²) in [5.74, 6) is -0.256. The topological polar surface area (TPSA) is 77.2 Å². The third-order valence-electron chi connectivity index (χ3n) is 4.25. The number of pyridine rings is 1. The number of carbonyl (C=O) groups is 1. The molecule has 1 aromatic rings. The SMILES string of the molecule is CCOC1CC(N)(C(=O)Nc2cnccc2Cl)C1(C)C. The van der Waals surface area contributed by atoms with Crippen LogP contribution < -0.4 is 11.1 Å². The molecule has 1 amide bonds. The Kier molecular flexibility index (Phi) is 4.04. The smallest absolute Gasteiger partial charge is 0.245 e. The fraction of sp³-hybridized carbons (Fsp3) is 0.571.